The van der Waals surface area contributed by atoms with Gasteiger partial charge in [0, 0.05) is 6.54 Å². The number of rotatable bonds is 3. The van der Waals surface area contributed by atoms with E-state index >= 15 is 0 Å². The maximum Gasteiger partial charge on any atom is 0.184 e. The summed E-state index contributed by atoms with van der Waals surface area (Å²) in [5, 5.41) is 12.4. The highest BCUT2D eigenvalue weighted by molar-refractivity contribution is 7.16. The van der Waals surface area contributed by atoms with Gasteiger partial charge < -0.3 is 5.32 Å². The summed E-state index contributed by atoms with van der Waals surface area (Å²) in [4.78, 5) is 4.62. The van der Waals surface area contributed by atoms with Crippen molar-refractivity contribution in [3.63, 3.8) is 0 Å². The molecule has 0 fully saturated rings. The number of halogens is 1. The third-order valence-electron chi connectivity index (χ3n) is 2.28. The first-order valence-electron chi connectivity index (χ1n) is 5.04. The van der Waals surface area contributed by atoms with Crippen molar-refractivity contribution in [1.29, 1.82) is 5.26 Å². The number of hydrogen-bond acceptors (Lipinski definition) is 4. The molecule has 0 saturated heterocycles. The highest BCUT2D eigenvalue weighted by atomic mass is 32.1. The number of aromatic nitrogens is 1. The Bertz CT molecular complexity index is 571. The molecule has 0 aliphatic rings. The van der Waals surface area contributed by atoms with Gasteiger partial charge in [-0.3, -0.25) is 0 Å². The number of aryl methyl sites for hydroxylation is 1. The van der Waals surface area contributed by atoms with E-state index in [4.69, 9.17) is 5.26 Å². The zero-order valence-electron chi connectivity index (χ0n) is 9.20. The lowest BCUT2D eigenvalue weighted by atomic mass is 10.1. The molecule has 1 aromatic carbocycles. The fourth-order valence-electron chi connectivity index (χ4n) is 1.40. The third-order valence-corrected chi connectivity index (χ3v) is 3.14. The number of nitrogens with zero attached hydrogens (tertiary/aromatic N) is 2. The number of thiazole rings is 1. The predicted octanol–water partition coefficient (Wildman–Crippen LogP) is 3.07. The van der Waals surface area contributed by atoms with Crippen LogP contribution in [0.5, 0.6) is 0 Å². The largest absolute Gasteiger partial charge is 0.357 e. The number of anilines is 1. The van der Waals surface area contributed by atoms with Crippen LogP contribution in [0.4, 0.5) is 9.52 Å². The SMILES string of the molecule is Cc1cc(CNc2ncc(C#N)s2)ccc1F. The predicted molar refractivity (Wildman–Crippen MR) is 65.3 cm³/mol. The molecule has 0 spiro atoms. The highest BCUT2D eigenvalue weighted by Gasteiger charge is 2.02. The Balaban J connectivity index is 2.02. The van der Waals surface area contributed by atoms with E-state index in [9.17, 15) is 4.39 Å². The normalized spacial score (nSPS) is 9.94. The summed E-state index contributed by atoms with van der Waals surface area (Å²) in [5.41, 5.74) is 1.61. The fraction of sp³-hybridized carbons (Fsp3) is 0.167. The smallest absolute Gasteiger partial charge is 0.184 e. The summed E-state index contributed by atoms with van der Waals surface area (Å²) in [6.45, 7) is 2.30. The lowest BCUT2D eigenvalue weighted by Gasteiger charge is -2.04. The third kappa shape index (κ3) is 2.80. The van der Waals surface area contributed by atoms with Crippen molar-refractivity contribution < 1.29 is 4.39 Å². The molecule has 0 saturated carbocycles. The van der Waals surface area contributed by atoms with E-state index in [1.165, 1.54) is 23.6 Å². The van der Waals surface area contributed by atoms with E-state index in [1.807, 2.05) is 6.07 Å². The summed E-state index contributed by atoms with van der Waals surface area (Å²) in [6, 6.07) is 7.00. The molecule has 0 aliphatic heterocycles. The molecule has 0 unspecified atom stereocenters. The van der Waals surface area contributed by atoms with E-state index in [-0.39, 0.29) is 5.82 Å². The van der Waals surface area contributed by atoms with Gasteiger partial charge >= 0.3 is 0 Å². The Hall–Kier alpha value is -1.93. The first-order valence-corrected chi connectivity index (χ1v) is 5.85. The van der Waals surface area contributed by atoms with Crippen molar-refractivity contribution in [3.05, 3.63) is 46.2 Å². The second-order valence-electron chi connectivity index (χ2n) is 3.58. The minimum absolute atomic E-state index is 0.199. The van der Waals surface area contributed by atoms with Gasteiger partial charge in [0.2, 0.25) is 0 Å². The molecule has 0 radical (unpaired) electrons. The van der Waals surface area contributed by atoms with Gasteiger partial charge in [0.15, 0.2) is 5.13 Å². The molecule has 17 heavy (non-hydrogen) atoms. The van der Waals surface area contributed by atoms with Gasteiger partial charge in [-0.25, -0.2) is 9.37 Å². The van der Waals surface area contributed by atoms with Crippen LogP contribution in [0, 0.1) is 24.1 Å². The number of nitriles is 1. The first-order chi connectivity index (χ1) is 8.19. The van der Waals surface area contributed by atoms with Crippen LogP contribution < -0.4 is 5.32 Å². The fourth-order valence-corrected chi connectivity index (χ4v) is 2.01. The standard InChI is InChI=1S/C12H10FN3S/c1-8-4-9(2-3-11(8)13)6-15-12-16-7-10(5-14)17-12/h2-4,7H,6H2,1H3,(H,15,16). The Kier molecular flexibility index (Phi) is 3.35. The Labute approximate surface area is 103 Å². The van der Waals surface area contributed by atoms with Crippen LogP contribution in [-0.2, 0) is 6.54 Å². The molecule has 5 heteroatoms. The van der Waals surface area contributed by atoms with E-state index < -0.39 is 0 Å². The molecule has 1 heterocycles. The monoisotopic (exact) mass is 247 g/mol. The first kappa shape index (κ1) is 11.6. The number of nitrogens with one attached hydrogen (secondary N) is 1. The topological polar surface area (TPSA) is 48.7 Å². The second-order valence-corrected chi connectivity index (χ2v) is 4.61. The zero-order valence-corrected chi connectivity index (χ0v) is 10.0. The lowest BCUT2D eigenvalue weighted by molar-refractivity contribution is 0.617. The molecular formula is C12H10FN3S. The van der Waals surface area contributed by atoms with Crippen LogP contribution in [0.15, 0.2) is 24.4 Å². The molecule has 0 aliphatic carbocycles. The van der Waals surface area contributed by atoms with Crippen molar-refractivity contribution in [2.24, 2.45) is 0 Å². The molecule has 0 bridgehead atoms. The van der Waals surface area contributed by atoms with Crippen LogP contribution in [0.2, 0.25) is 0 Å². The van der Waals surface area contributed by atoms with Crippen molar-refractivity contribution >= 4 is 16.5 Å². The highest BCUT2D eigenvalue weighted by Crippen LogP contribution is 2.18. The van der Waals surface area contributed by atoms with Crippen molar-refractivity contribution in [1.82, 2.24) is 4.98 Å². The van der Waals surface area contributed by atoms with Gasteiger partial charge in [-0.05, 0) is 24.1 Å². The second kappa shape index (κ2) is 4.93. The molecule has 1 N–H and O–H groups in total. The molecule has 0 amide bonds. The van der Waals surface area contributed by atoms with Crippen LogP contribution >= 0.6 is 11.3 Å². The molecular weight excluding hydrogens is 237 g/mol. The zero-order chi connectivity index (χ0) is 12.3. The summed E-state index contributed by atoms with van der Waals surface area (Å²) < 4.78 is 13.0. The maximum absolute atomic E-state index is 13.0. The van der Waals surface area contributed by atoms with Gasteiger partial charge in [0.1, 0.15) is 16.8 Å². The van der Waals surface area contributed by atoms with Crippen molar-refractivity contribution in [3.8, 4) is 6.07 Å². The molecule has 3 nitrogen and oxygen atoms in total. The Morgan fingerprint density at radius 2 is 2.35 bits per heavy atom. The quantitative estimate of drug-likeness (QED) is 0.906. The van der Waals surface area contributed by atoms with Crippen LogP contribution in [0.1, 0.15) is 16.0 Å². The van der Waals surface area contributed by atoms with Gasteiger partial charge in [-0.1, -0.05) is 23.5 Å². The van der Waals surface area contributed by atoms with Gasteiger partial charge in [-0.2, -0.15) is 5.26 Å². The van der Waals surface area contributed by atoms with E-state index in [0.717, 1.165) is 5.56 Å². The molecule has 86 valence electrons. The molecule has 2 rings (SSSR count). The minimum atomic E-state index is -0.199. The van der Waals surface area contributed by atoms with Crippen molar-refractivity contribution in [2.75, 3.05) is 5.32 Å². The maximum atomic E-state index is 13.0. The molecule has 0 atom stereocenters. The molecule has 2 aromatic rings. The Morgan fingerprint density at radius 1 is 1.53 bits per heavy atom. The average Bonchev–Trinajstić information content (AvgIpc) is 2.79. The van der Waals surface area contributed by atoms with Gasteiger partial charge in [-0.15, -0.1) is 0 Å². The number of benzene rings is 1. The van der Waals surface area contributed by atoms with Gasteiger partial charge in [0.05, 0.1) is 6.20 Å². The molecule has 1 aromatic heterocycles. The van der Waals surface area contributed by atoms with Crippen LogP contribution in [-0.4, -0.2) is 4.98 Å². The van der Waals surface area contributed by atoms with E-state index in [2.05, 4.69) is 10.3 Å². The van der Waals surface area contributed by atoms with Crippen molar-refractivity contribution in [2.45, 2.75) is 13.5 Å². The summed E-state index contributed by atoms with van der Waals surface area (Å²) in [5.74, 6) is -0.199. The van der Waals surface area contributed by atoms with Crippen LogP contribution in [0.3, 0.4) is 0 Å². The number of hydrogen-bond donors (Lipinski definition) is 1. The van der Waals surface area contributed by atoms with Crippen LogP contribution in [0.25, 0.3) is 0 Å². The van der Waals surface area contributed by atoms with E-state index in [1.54, 1.807) is 19.1 Å². The summed E-state index contributed by atoms with van der Waals surface area (Å²) >= 11 is 1.30. The summed E-state index contributed by atoms with van der Waals surface area (Å²) in [6.07, 6.45) is 1.53. The average molecular weight is 247 g/mol. The van der Waals surface area contributed by atoms with Gasteiger partial charge in [0.25, 0.3) is 0 Å². The summed E-state index contributed by atoms with van der Waals surface area (Å²) in [7, 11) is 0. The lowest BCUT2D eigenvalue weighted by Crippen LogP contribution is -1.99. The Morgan fingerprint density at radius 3 is 3.00 bits per heavy atom. The van der Waals surface area contributed by atoms with E-state index in [0.29, 0.717) is 22.1 Å². The minimum Gasteiger partial charge on any atom is -0.357 e.